The number of nitrogens with one attached hydrogen (secondary N) is 1. The predicted octanol–water partition coefficient (Wildman–Crippen LogP) is 2.79. The maximum Gasteiger partial charge on any atom is 0.391 e. The van der Waals surface area contributed by atoms with Crippen LogP contribution in [0.25, 0.3) is 0 Å². The van der Waals surface area contributed by atoms with E-state index in [-0.39, 0.29) is 0 Å². The van der Waals surface area contributed by atoms with E-state index in [0.717, 1.165) is 38.4 Å². The number of piperidine rings is 1. The zero-order valence-electron chi connectivity index (χ0n) is 11.3. The molecule has 2 atom stereocenters. The molecule has 1 saturated carbocycles. The molecule has 0 spiro atoms. The Bertz CT molecular complexity index is 310. The summed E-state index contributed by atoms with van der Waals surface area (Å²) in [6.45, 7) is 3.22. The Morgan fingerprint density at radius 3 is 2.37 bits per heavy atom. The van der Waals surface area contributed by atoms with Crippen LogP contribution >= 0.6 is 0 Å². The van der Waals surface area contributed by atoms with Gasteiger partial charge in [0, 0.05) is 18.6 Å². The molecule has 0 amide bonds. The van der Waals surface area contributed by atoms with Crippen molar-refractivity contribution in [3.8, 4) is 0 Å². The molecule has 3 fully saturated rings. The van der Waals surface area contributed by atoms with E-state index in [2.05, 4.69) is 10.2 Å². The average Bonchev–Trinajstić information content (AvgIpc) is 2.86. The molecule has 1 aliphatic carbocycles. The van der Waals surface area contributed by atoms with Gasteiger partial charge in [-0.1, -0.05) is 0 Å². The summed E-state index contributed by atoms with van der Waals surface area (Å²) in [5.41, 5.74) is 0. The first-order valence-corrected chi connectivity index (χ1v) is 7.59. The molecule has 0 aromatic rings. The van der Waals surface area contributed by atoms with Crippen LogP contribution in [0.2, 0.25) is 0 Å². The first kappa shape index (κ1) is 13.7. The first-order chi connectivity index (χ1) is 9.05. The predicted molar refractivity (Wildman–Crippen MR) is 67.9 cm³/mol. The Labute approximate surface area is 112 Å². The van der Waals surface area contributed by atoms with Gasteiger partial charge in [0.15, 0.2) is 0 Å². The lowest BCUT2D eigenvalue weighted by Crippen LogP contribution is -2.51. The molecule has 1 N–H and O–H groups in total. The van der Waals surface area contributed by atoms with Gasteiger partial charge in [-0.3, -0.25) is 4.90 Å². The average molecular weight is 276 g/mol. The Morgan fingerprint density at radius 2 is 1.68 bits per heavy atom. The minimum atomic E-state index is -3.98. The van der Waals surface area contributed by atoms with Crippen LogP contribution in [-0.4, -0.2) is 42.8 Å². The van der Waals surface area contributed by atoms with E-state index >= 15 is 0 Å². The summed E-state index contributed by atoms with van der Waals surface area (Å²) in [5.74, 6) is -0.319. The van der Waals surface area contributed by atoms with Gasteiger partial charge in [-0.05, 0) is 57.5 Å². The Kier molecular flexibility index (Phi) is 3.78. The number of hydrogen-bond acceptors (Lipinski definition) is 2. The molecule has 2 aliphatic heterocycles. The minimum Gasteiger partial charge on any atom is -0.315 e. The summed E-state index contributed by atoms with van der Waals surface area (Å²) in [7, 11) is 0. The van der Waals surface area contributed by atoms with Crippen molar-refractivity contribution >= 4 is 0 Å². The molecule has 0 radical (unpaired) electrons. The second-order valence-corrected chi connectivity index (χ2v) is 6.41. The van der Waals surface area contributed by atoms with Gasteiger partial charge in [0.1, 0.15) is 0 Å². The molecule has 110 valence electrons. The van der Waals surface area contributed by atoms with Crippen molar-refractivity contribution in [2.75, 3.05) is 19.6 Å². The smallest absolute Gasteiger partial charge is 0.315 e. The van der Waals surface area contributed by atoms with Crippen molar-refractivity contribution < 1.29 is 13.2 Å². The molecule has 2 nitrogen and oxygen atoms in total. The van der Waals surface area contributed by atoms with Crippen LogP contribution in [-0.2, 0) is 0 Å². The van der Waals surface area contributed by atoms with E-state index in [0.29, 0.717) is 24.9 Å². The van der Waals surface area contributed by atoms with E-state index in [4.69, 9.17) is 0 Å². The quantitative estimate of drug-likeness (QED) is 0.792. The van der Waals surface area contributed by atoms with Gasteiger partial charge in [-0.2, -0.15) is 13.2 Å². The monoisotopic (exact) mass is 276 g/mol. The lowest BCUT2D eigenvalue weighted by atomic mass is 9.82. The molecule has 5 heteroatoms. The number of alkyl halides is 3. The van der Waals surface area contributed by atoms with Crippen LogP contribution in [0.4, 0.5) is 13.2 Å². The van der Waals surface area contributed by atoms with Crippen molar-refractivity contribution in [1.29, 1.82) is 0 Å². The van der Waals surface area contributed by atoms with Crippen LogP contribution in [0.1, 0.15) is 38.5 Å². The zero-order chi connectivity index (χ0) is 13.5. The summed E-state index contributed by atoms with van der Waals surface area (Å²) in [5, 5.41) is 3.44. The van der Waals surface area contributed by atoms with E-state index in [1.54, 1.807) is 0 Å². The summed E-state index contributed by atoms with van der Waals surface area (Å²) < 4.78 is 38.1. The van der Waals surface area contributed by atoms with E-state index in [1.807, 2.05) is 0 Å². The maximum atomic E-state index is 12.7. The molecule has 3 rings (SSSR count). The largest absolute Gasteiger partial charge is 0.391 e. The van der Waals surface area contributed by atoms with Crippen LogP contribution in [0.15, 0.2) is 0 Å². The highest BCUT2D eigenvalue weighted by molar-refractivity contribution is 4.96. The molecular formula is C14H23F3N2. The third-order valence-electron chi connectivity index (χ3n) is 5.35. The minimum absolute atomic E-state index is 0.329. The van der Waals surface area contributed by atoms with Crippen LogP contribution < -0.4 is 5.32 Å². The maximum absolute atomic E-state index is 12.7. The fraction of sp³-hybridized carbons (Fsp3) is 1.00. The van der Waals surface area contributed by atoms with Crippen molar-refractivity contribution in [3.05, 3.63) is 0 Å². The van der Waals surface area contributed by atoms with Crippen molar-refractivity contribution in [1.82, 2.24) is 10.2 Å². The van der Waals surface area contributed by atoms with Gasteiger partial charge in [0.2, 0.25) is 0 Å². The Hall–Kier alpha value is -0.290. The lowest BCUT2D eigenvalue weighted by Gasteiger charge is -2.45. The summed E-state index contributed by atoms with van der Waals surface area (Å²) >= 11 is 0. The van der Waals surface area contributed by atoms with Gasteiger partial charge in [-0.15, -0.1) is 0 Å². The number of rotatable bonds is 1. The second kappa shape index (κ2) is 5.24. The van der Waals surface area contributed by atoms with Gasteiger partial charge < -0.3 is 5.32 Å². The highest BCUT2D eigenvalue weighted by Gasteiger charge is 2.44. The summed E-state index contributed by atoms with van der Waals surface area (Å²) in [4.78, 5) is 2.53. The summed E-state index contributed by atoms with van der Waals surface area (Å²) in [6.07, 6.45) is 0.629. The van der Waals surface area contributed by atoms with Crippen LogP contribution in [0.5, 0.6) is 0 Å². The second-order valence-electron chi connectivity index (χ2n) is 6.41. The Morgan fingerprint density at radius 1 is 0.947 bits per heavy atom. The standard InChI is InChI=1S/C14H23F3N2/c15-14(16,17)11-3-5-12(6-4-11)19-7-1-2-10-8-18-9-13(10)19/h10-13,18H,1-9H2. The normalized spacial score (nSPS) is 41.2. The zero-order valence-corrected chi connectivity index (χ0v) is 11.3. The molecular weight excluding hydrogens is 253 g/mol. The number of nitrogens with zero attached hydrogens (tertiary/aromatic N) is 1. The van der Waals surface area contributed by atoms with E-state index < -0.39 is 12.1 Å². The first-order valence-electron chi connectivity index (χ1n) is 7.59. The third-order valence-corrected chi connectivity index (χ3v) is 5.35. The van der Waals surface area contributed by atoms with Gasteiger partial charge >= 0.3 is 6.18 Å². The molecule has 2 heterocycles. The molecule has 0 bridgehead atoms. The van der Waals surface area contributed by atoms with E-state index in [1.165, 1.54) is 12.8 Å². The molecule has 3 aliphatic rings. The number of likely N-dealkylation sites (tertiary alicyclic amines) is 1. The van der Waals surface area contributed by atoms with Crippen LogP contribution in [0, 0.1) is 11.8 Å². The fourth-order valence-corrected chi connectivity index (χ4v) is 4.29. The summed E-state index contributed by atoms with van der Waals surface area (Å²) in [6, 6.07) is 0.979. The third kappa shape index (κ3) is 2.77. The lowest BCUT2D eigenvalue weighted by molar-refractivity contribution is -0.185. The highest BCUT2D eigenvalue weighted by Crippen LogP contribution is 2.40. The van der Waals surface area contributed by atoms with E-state index in [9.17, 15) is 13.2 Å². The van der Waals surface area contributed by atoms with Crippen molar-refractivity contribution in [3.63, 3.8) is 0 Å². The Balaban J connectivity index is 1.59. The molecule has 0 aromatic heterocycles. The molecule has 19 heavy (non-hydrogen) atoms. The highest BCUT2D eigenvalue weighted by atomic mass is 19.4. The number of fused-ring (bicyclic) bond motifs is 1. The van der Waals surface area contributed by atoms with Crippen molar-refractivity contribution in [2.24, 2.45) is 11.8 Å². The number of halogens is 3. The molecule has 2 saturated heterocycles. The number of hydrogen-bond donors (Lipinski definition) is 1. The molecule has 2 unspecified atom stereocenters. The molecule has 0 aromatic carbocycles. The SMILES string of the molecule is FC(F)(F)C1CCC(N2CCCC3CNCC32)CC1. The van der Waals surface area contributed by atoms with Gasteiger partial charge in [-0.25, -0.2) is 0 Å². The van der Waals surface area contributed by atoms with Crippen LogP contribution in [0.3, 0.4) is 0 Å². The topological polar surface area (TPSA) is 15.3 Å². The fourth-order valence-electron chi connectivity index (χ4n) is 4.29. The van der Waals surface area contributed by atoms with Gasteiger partial charge in [0.25, 0.3) is 0 Å². The van der Waals surface area contributed by atoms with Crippen molar-refractivity contribution in [2.45, 2.75) is 56.8 Å². The van der Waals surface area contributed by atoms with Gasteiger partial charge in [0.05, 0.1) is 5.92 Å².